The molecule has 3 aromatic rings. The lowest BCUT2D eigenvalue weighted by Crippen LogP contribution is -2.27. The van der Waals surface area contributed by atoms with Crippen molar-refractivity contribution in [1.82, 2.24) is 15.3 Å². The fourth-order valence-corrected chi connectivity index (χ4v) is 3.11. The zero-order chi connectivity index (χ0) is 22.8. The van der Waals surface area contributed by atoms with Crippen molar-refractivity contribution in [3.05, 3.63) is 84.5 Å². The second-order valence-electron chi connectivity index (χ2n) is 7.59. The Hall–Kier alpha value is -3.91. The number of H-pyrrole nitrogens is 1. The molecule has 162 valence electrons. The van der Waals surface area contributed by atoms with Gasteiger partial charge in [-0.05, 0) is 30.0 Å². The van der Waals surface area contributed by atoms with Gasteiger partial charge in [0.2, 0.25) is 0 Å². The van der Waals surface area contributed by atoms with Crippen molar-refractivity contribution in [1.29, 1.82) is 0 Å². The summed E-state index contributed by atoms with van der Waals surface area (Å²) in [5.74, 6) is 3.71. The van der Waals surface area contributed by atoms with Crippen molar-refractivity contribution in [2.45, 2.75) is 26.7 Å². The van der Waals surface area contributed by atoms with E-state index in [-0.39, 0.29) is 0 Å². The van der Waals surface area contributed by atoms with Crippen LogP contribution in [0.25, 0.3) is 16.6 Å². The first-order valence-corrected chi connectivity index (χ1v) is 10.8. The molecule has 2 N–H and O–H groups in total. The predicted octanol–water partition coefficient (Wildman–Crippen LogP) is 5.38. The molecule has 5 nitrogen and oxygen atoms in total. The molecule has 0 radical (unpaired) electrons. The molecule has 5 heteroatoms. The molecule has 0 amide bonds. The van der Waals surface area contributed by atoms with E-state index < -0.39 is 0 Å². The molecular formula is C27H29N5. The SMILES string of the molecule is C#Cc1cncc(C(=C)\N=C(/C=N/C=C/C(C)CC)NCCc2c[nH]c3ccccc23)c1. The van der Waals surface area contributed by atoms with Gasteiger partial charge in [0.05, 0.1) is 11.9 Å². The van der Waals surface area contributed by atoms with Crippen molar-refractivity contribution < 1.29 is 0 Å². The zero-order valence-electron chi connectivity index (χ0n) is 18.7. The highest BCUT2D eigenvalue weighted by Gasteiger charge is 2.05. The van der Waals surface area contributed by atoms with Gasteiger partial charge in [0.15, 0.2) is 0 Å². The summed E-state index contributed by atoms with van der Waals surface area (Å²) >= 11 is 0. The summed E-state index contributed by atoms with van der Waals surface area (Å²) in [6.45, 7) is 9.11. The molecule has 0 aliphatic heterocycles. The smallest absolute Gasteiger partial charge is 0.145 e. The summed E-state index contributed by atoms with van der Waals surface area (Å²) in [4.78, 5) is 16.6. The molecule has 0 saturated heterocycles. The second kappa shape index (κ2) is 11.5. The highest BCUT2D eigenvalue weighted by Crippen LogP contribution is 2.18. The molecule has 32 heavy (non-hydrogen) atoms. The van der Waals surface area contributed by atoms with E-state index in [1.165, 1.54) is 10.9 Å². The largest absolute Gasteiger partial charge is 0.368 e. The molecule has 0 aliphatic rings. The van der Waals surface area contributed by atoms with Crippen LogP contribution in [0.5, 0.6) is 0 Å². The average Bonchev–Trinajstić information content (AvgIpc) is 3.24. The number of fused-ring (bicyclic) bond motifs is 1. The van der Waals surface area contributed by atoms with E-state index in [0.29, 0.717) is 29.6 Å². The Kier molecular flexibility index (Phi) is 8.16. The molecular weight excluding hydrogens is 394 g/mol. The molecule has 2 aromatic heterocycles. The van der Waals surface area contributed by atoms with E-state index in [1.54, 1.807) is 18.6 Å². The number of rotatable bonds is 9. The maximum Gasteiger partial charge on any atom is 0.145 e. The minimum absolute atomic E-state index is 0.481. The lowest BCUT2D eigenvalue weighted by molar-refractivity contribution is 0.697. The number of hydrogen-bond donors (Lipinski definition) is 2. The quantitative estimate of drug-likeness (QED) is 0.276. The van der Waals surface area contributed by atoms with Crippen LogP contribution < -0.4 is 5.32 Å². The minimum atomic E-state index is 0.481. The number of benzene rings is 1. The van der Waals surface area contributed by atoms with Crippen molar-refractivity contribution in [3.63, 3.8) is 0 Å². The number of aromatic nitrogens is 2. The van der Waals surface area contributed by atoms with Crippen LogP contribution >= 0.6 is 0 Å². The first-order valence-electron chi connectivity index (χ1n) is 10.8. The highest BCUT2D eigenvalue weighted by atomic mass is 15.0. The summed E-state index contributed by atoms with van der Waals surface area (Å²) in [6.07, 6.45) is 18.4. The average molecular weight is 424 g/mol. The summed E-state index contributed by atoms with van der Waals surface area (Å²) in [5, 5.41) is 4.62. The molecule has 3 rings (SSSR count). The summed E-state index contributed by atoms with van der Waals surface area (Å²) in [6, 6.07) is 10.1. The number of terminal acetylenes is 1. The second-order valence-corrected chi connectivity index (χ2v) is 7.59. The molecule has 0 aliphatic carbocycles. The van der Waals surface area contributed by atoms with Gasteiger partial charge in [-0.2, -0.15) is 0 Å². The predicted molar refractivity (Wildman–Crippen MR) is 136 cm³/mol. The molecule has 2 heterocycles. The molecule has 0 spiro atoms. The van der Waals surface area contributed by atoms with Crippen molar-refractivity contribution in [2.75, 3.05) is 6.54 Å². The normalized spacial score (nSPS) is 13.0. The Morgan fingerprint density at radius 2 is 2.19 bits per heavy atom. The van der Waals surface area contributed by atoms with Gasteiger partial charge in [0, 0.05) is 53.4 Å². The third-order valence-electron chi connectivity index (χ3n) is 5.21. The van der Waals surface area contributed by atoms with Gasteiger partial charge < -0.3 is 10.3 Å². The van der Waals surface area contributed by atoms with Crippen LogP contribution in [-0.2, 0) is 6.42 Å². The minimum Gasteiger partial charge on any atom is -0.368 e. The van der Waals surface area contributed by atoms with Crippen LogP contribution in [0.1, 0.15) is 37.0 Å². The maximum absolute atomic E-state index is 5.49. The number of para-hydroxylation sites is 1. The number of aromatic amines is 1. The Labute approximate surface area is 190 Å². The van der Waals surface area contributed by atoms with E-state index in [1.807, 2.05) is 18.3 Å². The van der Waals surface area contributed by atoms with Crippen LogP contribution in [0.2, 0.25) is 0 Å². The Morgan fingerprint density at radius 1 is 1.34 bits per heavy atom. The molecule has 0 bridgehead atoms. The Balaban J connectivity index is 1.74. The standard InChI is InChI=1S/C27H29N5/c1-5-20(3)11-13-28-19-27(32-21(4)24-15-22(6-2)16-29-17-24)30-14-12-23-18-31-26-10-8-7-9-25(23)26/h2,7-11,13,15-20,31H,4-5,12,14H2,1,3H3,(H,30,32)/b13-11+,28-19+. The van der Waals surface area contributed by atoms with Crippen molar-refractivity contribution >= 4 is 28.7 Å². The lowest BCUT2D eigenvalue weighted by Gasteiger charge is -2.08. The fraction of sp³-hybridized carbons (Fsp3) is 0.222. The van der Waals surface area contributed by atoms with Gasteiger partial charge in [-0.3, -0.25) is 9.98 Å². The summed E-state index contributed by atoms with van der Waals surface area (Å²) in [5.41, 5.74) is 4.44. The number of nitrogens with zero attached hydrogens (tertiary/aromatic N) is 3. The van der Waals surface area contributed by atoms with Crippen LogP contribution in [0.3, 0.4) is 0 Å². The molecule has 1 unspecified atom stereocenters. The van der Waals surface area contributed by atoms with Gasteiger partial charge in [0.1, 0.15) is 5.84 Å². The van der Waals surface area contributed by atoms with E-state index in [9.17, 15) is 0 Å². The topological polar surface area (TPSA) is 65.4 Å². The molecule has 0 fully saturated rings. The zero-order valence-corrected chi connectivity index (χ0v) is 18.7. The number of amidine groups is 1. The van der Waals surface area contributed by atoms with Crippen molar-refractivity contribution in [2.24, 2.45) is 15.9 Å². The highest BCUT2D eigenvalue weighted by molar-refractivity contribution is 6.30. The van der Waals surface area contributed by atoms with Crippen LogP contribution in [0.4, 0.5) is 0 Å². The molecule has 1 aromatic carbocycles. The van der Waals surface area contributed by atoms with Gasteiger partial charge >= 0.3 is 0 Å². The third kappa shape index (κ3) is 6.29. The number of pyridine rings is 1. The Bertz CT molecular complexity index is 1190. The summed E-state index contributed by atoms with van der Waals surface area (Å²) in [7, 11) is 0. The lowest BCUT2D eigenvalue weighted by atomic mass is 10.1. The van der Waals surface area contributed by atoms with Gasteiger partial charge in [-0.25, -0.2) is 4.99 Å². The maximum atomic E-state index is 5.49. The van der Waals surface area contributed by atoms with Crippen LogP contribution in [0, 0.1) is 18.3 Å². The number of nitrogens with one attached hydrogen (secondary N) is 2. The first kappa shape index (κ1) is 22.8. The van der Waals surface area contributed by atoms with E-state index >= 15 is 0 Å². The monoisotopic (exact) mass is 423 g/mol. The van der Waals surface area contributed by atoms with Gasteiger partial charge in [-0.15, -0.1) is 6.42 Å². The number of hydrogen-bond acceptors (Lipinski definition) is 3. The van der Waals surface area contributed by atoms with E-state index in [4.69, 9.17) is 6.42 Å². The fourth-order valence-electron chi connectivity index (χ4n) is 3.11. The van der Waals surface area contributed by atoms with E-state index in [0.717, 1.165) is 23.9 Å². The van der Waals surface area contributed by atoms with Crippen LogP contribution in [0.15, 0.2) is 77.8 Å². The van der Waals surface area contributed by atoms with Crippen LogP contribution in [-0.4, -0.2) is 28.6 Å². The molecule has 1 atom stereocenters. The van der Waals surface area contributed by atoms with E-state index in [2.05, 4.69) is 82.1 Å². The summed E-state index contributed by atoms with van der Waals surface area (Å²) < 4.78 is 0. The van der Waals surface area contributed by atoms with Gasteiger partial charge in [0.25, 0.3) is 0 Å². The number of aliphatic imine (C=N–C) groups is 2. The molecule has 0 saturated carbocycles. The third-order valence-corrected chi connectivity index (χ3v) is 5.21. The Morgan fingerprint density at radius 3 is 3.00 bits per heavy atom. The number of allylic oxidation sites excluding steroid dienone is 1. The first-order chi connectivity index (χ1) is 15.6. The van der Waals surface area contributed by atoms with Crippen molar-refractivity contribution in [3.8, 4) is 12.3 Å². The van der Waals surface area contributed by atoms with Gasteiger partial charge in [-0.1, -0.05) is 57.0 Å².